The first kappa shape index (κ1) is 28.0. The maximum atomic E-state index is 14.6. The van der Waals surface area contributed by atoms with Crippen molar-refractivity contribution in [1.29, 1.82) is 0 Å². The van der Waals surface area contributed by atoms with Gasteiger partial charge in [0.05, 0.1) is 30.8 Å². The summed E-state index contributed by atoms with van der Waals surface area (Å²) < 4.78 is 12.4. The quantitative estimate of drug-likeness (QED) is 0.271. The molecule has 8 nitrogen and oxygen atoms in total. The summed E-state index contributed by atoms with van der Waals surface area (Å²) >= 11 is 0. The number of carbonyl (C=O) groups is 3. The molecule has 4 rings (SSSR count). The summed E-state index contributed by atoms with van der Waals surface area (Å²) in [5.41, 5.74) is 0.544. The number of aryl methyl sites for hydroxylation is 2. The predicted octanol–water partition coefficient (Wildman–Crippen LogP) is 3.48. The molecule has 206 valence electrons. The molecule has 0 radical (unpaired) electrons. The third-order valence-corrected chi connectivity index (χ3v) is 8.70. The number of carbonyl (C=O) groups excluding carboxylic acids is 3. The minimum Gasteiger partial charge on any atom is -0.465 e. The standard InChI is InChI=1S/C30H40N2O6/c1-7-10-17-37-28(36)23-22-26(34)32(21(6)18-33)25(30(22)15-14-29(23,9-3)38-30)27(35)31(16-8-2)24-19(4)12-11-13-20(24)5/h7-8,11-13,21-23,25,33H,1-2,9-10,14-18H2,3-6H3/t21-,22+,23+,25?,29-,30?/m1/s1. The van der Waals surface area contributed by atoms with Crippen LogP contribution in [-0.4, -0.2) is 70.8 Å². The lowest BCUT2D eigenvalue weighted by molar-refractivity contribution is -0.161. The van der Waals surface area contributed by atoms with Crippen LogP contribution in [0.3, 0.4) is 0 Å². The number of aliphatic hydroxyl groups is 1. The molecule has 0 saturated carbocycles. The number of aliphatic hydroxyl groups excluding tert-OH is 1. The second-order valence-corrected chi connectivity index (χ2v) is 10.8. The van der Waals surface area contributed by atoms with E-state index in [1.54, 1.807) is 24.0 Å². The van der Waals surface area contributed by atoms with Crippen LogP contribution in [0.1, 0.15) is 50.7 Å². The van der Waals surface area contributed by atoms with Gasteiger partial charge in [-0.15, -0.1) is 13.2 Å². The normalized spacial score (nSPS) is 30.2. The SMILES string of the molecule is C=CCCOC(=O)[C@@H]1[C@H]2C(=O)N([C@H](C)CO)C(C(=O)N(CC=C)c3c(C)cccc3C)C23CC[C@@]1(CC)O3. The highest BCUT2D eigenvalue weighted by molar-refractivity contribution is 6.05. The van der Waals surface area contributed by atoms with Crippen LogP contribution in [0.25, 0.3) is 0 Å². The molecule has 2 amide bonds. The van der Waals surface area contributed by atoms with E-state index in [1.807, 2.05) is 39.0 Å². The molecule has 0 aliphatic carbocycles. The Bertz CT molecular complexity index is 1110. The Labute approximate surface area is 225 Å². The van der Waals surface area contributed by atoms with Gasteiger partial charge in [0.2, 0.25) is 5.91 Å². The van der Waals surface area contributed by atoms with Crippen molar-refractivity contribution in [3.8, 4) is 0 Å². The fourth-order valence-electron chi connectivity index (χ4n) is 6.99. The van der Waals surface area contributed by atoms with Crippen LogP contribution in [0.5, 0.6) is 0 Å². The van der Waals surface area contributed by atoms with E-state index in [9.17, 15) is 19.5 Å². The molecule has 3 fully saturated rings. The molecule has 8 heteroatoms. The van der Waals surface area contributed by atoms with Crippen molar-refractivity contribution in [3.05, 3.63) is 54.6 Å². The summed E-state index contributed by atoms with van der Waals surface area (Å²) in [6.45, 7) is 15.2. The van der Waals surface area contributed by atoms with Crippen LogP contribution >= 0.6 is 0 Å². The Morgan fingerprint density at radius 2 is 1.95 bits per heavy atom. The molecule has 2 bridgehead atoms. The molecule has 3 aliphatic rings. The van der Waals surface area contributed by atoms with E-state index in [0.29, 0.717) is 25.7 Å². The Balaban J connectivity index is 1.84. The van der Waals surface area contributed by atoms with Gasteiger partial charge in [0.25, 0.3) is 5.91 Å². The van der Waals surface area contributed by atoms with E-state index < -0.39 is 41.1 Å². The molecule has 1 aromatic rings. The zero-order chi connectivity index (χ0) is 27.8. The number of hydrogen-bond donors (Lipinski definition) is 1. The number of nitrogens with zero attached hydrogens (tertiary/aromatic N) is 2. The molecule has 1 aromatic carbocycles. The number of anilines is 1. The summed E-state index contributed by atoms with van der Waals surface area (Å²) in [4.78, 5) is 45.4. The van der Waals surface area contributed by atoms with E-state index in [4.69, 9.17) is 9.47 Å². The van der Waals surface area contributed by atoms with Crippen LogP contribution in [0, 0.1) is 25.7 Å². The summed E-state index contributed by atoms with van der Waals surface area (Å²) in [7, 11) is 0. The molecule has 2 unspecified atom stereocenters. The maximum Gasteiger partial charge on any atom is 0.312 e. The van der Waals surface area contributed by atoms with Crippen molar-refractivity contribution in [2.45, 2.75) is 76.7 Å². The second-order valence-electron chi connectivity index (χ2n) is 10.8. The summed E-state index contributed by atoms with van der Waals surface area (Å²) in [5, 5.41) is 10.1. The molecule has 0 aromatic heterocycles. The lowest BCUT2D eigenvalue weighted by atomic mass is 9.65. The van der Waals surface area contributed by atoms with Gasteiger partial charge in [0.1, 0.15) is 17.6 Å². The van der Waals surface area contributed by atoms with E-state index in [-0.39, 0.29) is 31.6 Å². The lowest BCUT2D eigenvalue weighted by Crippen LogP contribution is -2.58. The Kier molecular flexibility index (Phi) is 7.86. The number of hydrogen-bond acceptors (Lipinski definition) is 6. The van der Waals surface area contributed by atoms with Gasteiger partial charge in [0, 0.05) is 12.2 Å². The van der Waals surface area contributed by atoms with Crippen LogP contribution in [0.2, 0.25) is 0 Å². The van der Waals surface area contributed by atoms with Gasteiger partial charge in [-0.2, -0.15) is 0 Å². The monoisotopic (exact) mass is 524 g/mol. The number of likely N-dealkylation sites (tertiary alicyclic amines) is 1. The Morgan fingerprint density at radius 1 is 1.26 bits per heavy atom. The van der Waals surface area contributed by atoms with Gasteiger partial charge in [-0.25, -0.2) is 0 Å². The van der Waals surface area contributed by atoms with E-state index in [2.05, 4.69) is 13.2 Å². The average Bonchev–Trinajstić information content (AvgIpc) is 3.51. The number of fused-ring (bicyclic) bond motifs is 1. The summed E-state index contributed by atoms with van der Waals surface area (Å²) in [6.07, 6.45) is 5.37. The van der Waals surface area contributed by atoms with Crippen molar-refractivity contribution in [2.24, 2.45) is 11.8 Å². The molecular weight excluding hydrogens is 484 g/mol. The first-order chi connectivity index (χ1) is 18.1. The van der Waals surface area contributed by atoms with Crippen molar-refractivity contribution in [2.75, 3.05) is 24.7 Å². The molecule has 3 heterocycles. The average molecular weight is 525 g/mol. The zero-order valence-corrected chi connectivity index (χ0v) is 22.9. The molecule has 3 saturated heterocycles. The number of esters is 1. The summed E-state index contributed by atoms with van der Waals surface area (Å²) in [6, 6.07) is 4.19. The van der Waals surface area contributed by atoms with Gasteiger partial charge < -0.3 is 24.4 Å². The van der Waals surface area contributed by atoms with Crippen molar-refractivity contribution >= 4 is 23.5 Å². The van der Waals surface area contributed by atoms with Crippen molar-refractivity contribution in [1.82, 2.24) is 4.90 Å². The fourth-order valence-corrected chi connectivity index (χ4v) is 6.99. The molecule has 38 heavy (non-hydrogen) atoms. The lowest BCUT2D eigenvalue weighted by Gasteiger charge is -2.39. The number of benzene rings is 1. The summed E-state index contributed by atoms with van der Waals surface area (Å²) in [5.74, 6) is -2.80. The molecule has 1 N–H and O–H groups in total. The first-order valence-corrected chi connectivity index (χ1v) is 13.5. The number of para-hydroxylation sites is 1. The molecular formula is C30H40N2O6. The highest BCUT2D eigenvalue weighted by Crippen LogP contribution is 2.65. The van der Waals surface area contributed by atoms with Gasteiger partial charge >= 0.3 is 5.97 Å². The van der Waals surface area contributed by atoms with Gasteiger partial charge in [-0.05, 0) is 57.6 Å². The largest absolute Gasteiger partial charge is 0.465 e. The predicted molar refractivity (Wildman–Crippen MR) is 144 cm³/mol. The zero-order valence-electron chi connectivity index (χ0n) is 22.9. The third kappa shape index (κ3) is 4.09. The van der Waals surface area contributed by atoms with Crippen LogP contribution < -0.4 is 4.90 Å². The van der Waals surface area contributed by atoms with E-state index in [1.165, 1.54) is 4.90 Å². The topological polar surface area (TPSA) is 96.4 Å². The smallest absolute Gasteiger partial charge is 0.312 e. The minimum absolute atomic E-state index is 0.172. The second kappa shape index (κ2) is 10.7. The number of amides is 2. The fraction of sp³-hybridized carbons (Fsp3) is 0.567. The minimum atomic E-state index is -1.19. The van der Waals surface area contributed by atoms with Gasteiger partial charge in [-0.1, -0.05) is 37.3 Å². The molecule has 1 spiro atoms. The third-order valence-electron chi connectivity index (χ3n) is 8.70. The van der Waals surface area contributed by atoms with Crippen LogP contribution in [0.15, 0.2) is 43.5 Å². The maximum absolute atomic E-state index is 14.6. The molecule has 6 atom stereocenters. The van der Waals surface area contributed by atoms with Crippen LogP contribution in [-0.2, 0) is 23.9 Å². The van der Waals surface area contributed by atoms with E-state index >= 15 is 0 Å². The van der Waals surface area contributed by atoms with Crippen LogP contribution in [0.4, 0.5) is 5.69 Å². The van der Waals surface area contributed by atoms with Gasteiger partial charge in [0.15, 0.2) is 0 Å². The van der Waals surface area contributed by atoms with E-state index in [0.717, 1.165) is 16.8 Å². The Hall–Kier alpha value is -2.97. The highest BCUT2D eigenvalue weighted by Gasteiger charge is 2.79. The van der Waals surface area contributed by atoms with Crippen molar-refractivity contribution in [3.63, 3.8) is 0 Å². The highest BCUT2D eigenvalue weighted by atomic mass is 16.6. The Morgan fingerprint density at radius 3 is 2.53 bits per heavy atom. The first-order valence-electron chi connectivity index (χ1n) is 13.5. The number of ether oxygens (including phenoxy) is 2. The van der Waals surface area contributed by atoms with Crippen molar-refractivity contribution < 1.29 is 29.0 Å². The molecule has 3 aliphatic heterocycles. The van der Waals surface area contributed by atoms with Gasteiger partial charge in [-0.3, -0.25) is 14.4 Å². The number of rotatable bonds is 11.